The molecule has 2 heterocycles. The number of thioether (sulfide) groups is 1. The van der Waals surface area contributed by atoms with E-state index in [9.17, 15) is 0 Å². The number of anilines is 1. The predicted molar refractivity (Wildman–Crippen MR) is 90.4 cm³/mol. The number of para-hydroxylation sites is 1. The standard InChI is InChI=1S/C18H18N2S/c1-12-9-13(2)11-14(10-12)15-7-8-19-18-20(15)16-5-3-4-6-17(16)21-18/h3-6,9-11,15H,7-8H2,1-2H3/t15-/m1/s1. The van der Waals surface area contributed by atoms with Crippen LogP contribution in [0, 0.1) is 13.8 Å². The van der Waals surface area contributed by atoms with Crippen molar-refractivity contribution in [2.45, 2.75) is 31.2 Å². The van der Waals surface area contributed by atoms with Gasteiger partial charge >= 0.3 is 0 Å². The minimum Gasteiger partial charge on any atom is -0.312 e. The van der Waals surface area contributed by atoms with Crippen LogP contribution >= 0.6 is 11.8 Å². The summed E-state index contributed by atoms with van der Waals surface area (Å²) in [6.45, 7) is 5.28. The highest BCUT2D eigenvalue weighted by atomic mass is 32.2. The predicted octanol–water partition coefficient (Wildman–Crippen LogP) is 4.72. The second-order valence-corrected chi connectivity index (χ2v) is 6.84. The molecule has 0 aliphatic carbocycles. The smallest absolute Gasteiger partial charge is 0.169 e. The summed E-state index contributed by atoms with van der Waals surface area (Å²) in [5, 5.41) is 1.16. The lowest BCUT2D eigenvalue weighted by Crippen LogP contribution is -2.34. The van der Waals surface area contributed by atoms with Crippen molar-refractivity contribution < 1.29 is 0 Å². The quantitative estimate of drug-likeness (QED) is 0.756. The molecule has 3 heteroatoms. The van der Waals surface area contributed by atoms with Gasteiger partial charge in [-0.3, -0.25) is 4.99 Å². The van der Waals surface area contributed by atoms with Crippen molar-refractivity contribution in [3.8, 4) is 0 Å². The number of fused-ring (bicyclic) bond motifs is 3. The third kappa shape index (κ3) is 2.16. The first-order valence-corrected chi connectivity index (χ1v) is 8.23. The molecule has 4 rings (SSSR count). The molecule has 0 unspecified atom stereocenters. The second kappa shape index (κ2) is 4.92. The number of aryl methyl sites for hydroxylation is 2. The number of amidine groups is 1. The largest absolute Gasteiger partial charge is 0.312 e. The Balaban J connectivity index is 1.82. The van der Waals surface area contributed by atoms with Gasteiger partial charge in [0, 0.05) is 11.4 Å². The van der Waals surface area contributed by atoms with Crippen LogP contribution in [0.2, 0.25) is 0 Å². The summed E-state index contributed by atoms with van der Waals surface area (Å²) in [6.07, 6.45) is 1.08. The minimum absolute atomic E-state index is 0.409. The van der Waals surface area contributed by atoms with Gasteiger partial charge in [-0.25, -0.2) is 0 Å². The fourth-order valence-electron chi connectivity index (χ4n) is 3.33. The molecule has 2 nitrogen and oxygen atoms in total. The SMILES string of the molecule is Cc1cc(C)cc([C@H]2CCN=C3Sc4ccccc4N32)c1. The number of rotatable bonds is 1. The van der Waals surface area contributed by atoms with Crippen molar-refractivity contribution in [2.75, 3.05) is 11.4 Å². The number of hydrogen-bond donors (Lipinski definition) is 0. The third-order valence-corrected chi connectivity index (χ3v) is 5.20. The van der Waals surface area contributed by atoms with E-state index in [2.05, 4.69) is 61.2 Å². The van der Waals surface area contributed by atoms with Crippen LogP contribution in [0.3, 0.4) is 0 Å². The van der Waals surface area contributed by atoms with E-state index in [1.807, 2.05) is 0 Å². The maximum absolute atomic E-state index is 4.73. The molecule has 2 aromatic rings. The highest BCUT2D eigenvalue weighted by Crippen LogP contribution is 2.47. The molecule has 0 amide bonds. The first kappa shape index (κ1) is 13.0. The van der Waals surface area contributed by atoms with Gasteiger partial charge in [-0.1, -0.05) is 41.5 Å². The Bertz CT molecular complexity index is 715. The zero-order chi connectivity index (χ0) is 14.4. The van der Waals surface area contributed by atoms with Gasteiger partial charge in [0.25, 0.3) is 0 Å². The summed E-state index contributed by atoms with van der Waals surface area (Å²) >= 11 is 1.80. The molecule has 0 N–H and O–H groups in total. The summed E-state index contributed by atoms with van der Waals surface area (Å²) < 4.78 is 0. The molecular formula is C18H18N2S. The monoisotopic (exact) mass is 294 g/mol. The minimum atomic E-state index is 0.409. The zero-order valence-corrected chi connectivity index (χ0v) is 13.2. The summed E-state index contributed by atoms with van der Waals surface area (Å²) in [7, 11) is 0. The Morgan fingerprint density at radius 2 is 1.86 bits per heavy atom. The lowest BCUT2D eigenvalue weighted by atomic mass is 9.97. The van der Waals surface area contributed by atoms with Gasteiger partial charge in [0.05, 0.1) is 11.7 Å². The van der Waals surface area contributed by atoms with Crippen molar-refractivity contribution in [2.24, 2.45) is 4.99 Å². The molecule has 2 aromatic carbocycles. The van der Waals surface area contributed by atoms with E-state index in [0.717, 1.165) is 18.1 Å². The van der Waals surface area contributed by atoms with Crippen LogP contribution in [-0.4, -0.2) is 11.7 Å². The Morgan fingerprint density at radius 1 is 1.10 bits per heavy atom. The van der Waals surface area contributed by atoms with Gasteiger partial charge < -0.3 is 4.90 Å². The van der Waals surface area contributed by atoms with Crippen molar-refractivity contribution >= 4 is 22.6 Å². The molecule has 0 saturated carbocycles. The van der Waals surface area contributed by atoms with E-state index < -0.39 is 0 Å². The first-order valence-electron chi connectivity index (χ1n) is 7.41. The van der Waals surface area contributed by atoms with E-state index in [-0.39, 0.29) is 0 Å². The van der Waals surface area contributed by atoms with Crippen molar-refractivity contribution in [1.29, 1.82) is 0 Å². The maximum atomic E-state index is 4.73. The van der Waals surface area contributed by atoms with Crippen molar-refractivity contribution in [3.05, 3.63) is 59.2 Å². The third-order valence-electron chi connectivity index (χ3n) is 4.12. The average Bonchev–Trinajstić information content (AvgIpc) is 2.84. The summed E-state index contributed by atoms with van der Waals surface area (Å²) in [5.41, 5.74) is 5.41. The molecule has 0 radical (unpaired) electrons. The molecule has 21 heavy (non-hydrogen) atoms. The molecule has 0 fully saturated rings. The average molecular weight is 294 g/mol. The maximum Gasteiger partial charge on any atom is 0.169 e. The fourth-order valence-corrected chi connectivity index (χ4v) is 4.43. The van der Waals surface area contributed by atoms with Crippen LogP contribution in [0.5, 0.6) is 0 Å². The van der Waals surface area contributed by atoms with Gasteiger partial charge in [0.2, 0.25) is 0 Å². The molecule has 1 atom stereocenters. The molecule has 106 valence electrons. The van der Waals surface area contributed by atoms with E-state index >= 15 is 0 Å². The van der Waals surface area contributed by atoms with E-state index in [1.165, 1.54) is 27.3 Å². The van der Waals surface area contributed by atoms with Gasteiger partial charge in [-0.05, 0) is 49.7 Å². The Morgan fingerprint density at radius 3 is 2.67 bits per heavy atom. The molecule has 0 bridgehead atoms. The molecule has 2 aliphatic heterocycles. The fraction of sp³-hybridized carbons (Fsp3) is 0.278. The van der Waals surface area contributed by atoms with Crippen LogP contribution in [0.15, 0.2) is 52.4 Å². The van der Waals surface area contributed by atoms with Crippen LogP contribution < -0.4 is 4.90 Å². The van der Waals surface area contributed by atoms with Crippen molar-refractivity contribution in [1.82, 2.24) is 0 Å². The summed E-state index contributed by atoms with van der Waals surface area (Å²) in [4.78, 5) is 8.49. The Labute approximate surface area is 129 Å². The topological polar surface area (TPSA) is 15.6 Å². The van der Waals surface area contributed by atoms with Crippen molar-refractivity contribution in [3.63, 3.8) is 0 Å². The van der Waals surface area contributed by atoms with Gasteiger partial charge in [0.1, 0.15) is 0 Å². The number of nitrogens with zero attached hydrogens (tertiary/aromatic N) is 2. The molecule has 0 spiro atoms. The zero-order valence-electron chi connectivity index (χ0n) is 12.3. The molecule has 0 saturated heterocycles. The lowest BCUT2D eigenvalue weighted by Gasteiger charge is -2.33. The molecule has 0 aromatic heterocycles. The van der Waals surface area contributed by atoms with Crippen LogP contribution in [0.25, 0.3) is 0 Å². The Kier molecular flexibility index (Phi) is 3.03. The lowest BCUT2D eigenvalue weighted by molar-refractivity contribution is 0.630. The number of hydrogen-bond acceptors (Lipinski definition) is 3. The normalized spacial score (nSPS) is 20.0. The van der Waals surface area contributed by atoms with E-state index in [4.69, 9.17) is 4.99 Å². The molecular weight excluding hydrogens is 276 g/mol. The number of benzene rings is 2. The summed E-state index contributed by atoms with van der Waals surface area (Å²) in [6, 6.07) is 15.9. The first-order chi connectivity index (χ1) is 10.2. The van der Waals surface area contributed by atoms with Gasteiger partial charge in [-0.15, -0.1) is 0 Å². The summed E-state index contributed by atoms with van der Waals surface area (Å²) in [5.74, 6) is 0. The van der Waals surface area contributed by atoms with E-state index in [0.29, 0.717) is 6.04 Å². The van der Waals surface area contributed by atoms with Gasteiger partial charge in [0.15, 0.2) is 5.17 Å². The second-order valence-electron chi connectivity index (χ2n) is 5.83. The van der Waals surface area contributed by atoms with E-state index in [1.54, 1.807) is 11.8 Å². The van der Waals surface area contributed by atoms with Gasteiger partial charge in [-0.2, -0.15) is 0 Å². The molecule has 2 aliphatic rings. The highest BCUT2D eigenvalue weighted by molar-refractivity contribution is 8.14. The highest BCUT2D eigenvalue weighted by Gasteiger charge is 2.35. The van der Waals surface area contributed by atoms with Crippen LogP contribution in [-0.2, 0) is 0 Å². The number of aliphatic imine (C=N–C) groups is 1. The Hall–Kier alpha value is -1.74. The van der Waals surface area contributed by atoms with Crippen LogP contribution in [0.4, 0.5) is 5.69 Å². The van der Waals surface area contributed by atoms with Crippen LogP contribution in [0.1, 0.15) is 29.2 Å².